The molecule has 2 rings (SSSR count). The number of para-hydroxylation sites is 1. The molecule has 0 heterocycles. The maximum atomic E-state index is 12.0. The van der Waals surface area contributed by atoms with Crippen LogP contribution in [0, 0.1) is 0 Å². The summed E-state index contributed by atoms with van der Waals surface area (Å²) in [6.07, 6.45) is 1.56. The Balaban J connectivity index is 1.73. The van der Waals surface area contributed by atoms with Crippen molar-refractivity contribution in [2.45, 2.75) is 45.3 Å². The Labute approximate surface area is 148 Å². The molecule has 1 saturated carbocycles. The molecule has 1 fully saturated rings. The normalized spacial score (nSPS) is 19.2. The van der Waals surface area contributed by atoms with Gasteiger partial charge in [0, 0.05) is 24.2 Å². The van der Waals surface area contributed by atoms with Gasteiger partial charge in [-0.1, -0.05) is 25.1 Å². The zero-order chi connectivity index (χ0) is 18.2. The van der Waals surface area contributed by atoms with E-state index in [1.54, 1.807) is 0 Å². The minimum atomic E-state index is -0.816. The summed E-state index contributed by atoms with van der Waals surface area (Å²) in [7, 11) is 0. The van der Waals surface area contributed by atoms with Crippen molar-refractivity contribution in [3.8, 4) is 5.75 Å². The highest BCUT2D eigenvalue weighted by Gasteiger charge is 2.34. The molecule has 7 heteroatoms. The van der Waals surface area contributed by atoms with Crippen LogP contribution < -0.4 is 15.4 Å². The van der Waals surface area contributed by atoms with Crippen molar-refractivity contribution >= 4 is 12.0 Å². The number of nitrogens with zero attached hydrogens (tertiary/aromatic N) is 1. The van der Waals surface area contributed by atoms with Gasteiger partial charge in [-0.2, -0.15) is 0 Å². The molecule has 1 aliphatic carbocycles. The number of ether oxygens (including phenoxy) is 1. The van der Waals surface area contributed by atoms with Gasteiger partial charge >= 0.3 is 12.0 Å². The Kier molecular flexibility index (Phi) is 7.06. The van der Waals surface area contributed by atoms with E-state index < -0.39 is 5.97 Å². The molecular formula is C18H27N3O4. The molecule has 138 valence electrons. The maximum Gasteiger partial charge on any atom is 0.317 e. The van der Waals surface area contributed by atoms with Crippen LogP contribution in [0.15, 0.2) is 24.3 Å². The molecule has 1 aromatic carbocycles. The van der Waals surface area contributed by atoms with E-state index in [4.69, 9.17) is 9.84 Å². The third kappa shape index (κ3) is 5.63. The summed E-state index contributed by atoms with van der Waals surface area (Å²) in [6, 6.07) is 7.73. The lowest BCUT2D eigenvalue weighted by Gasteiger charge is -2.42. The molecule has 1 aliphatic rings. The van der Waals surface area contributed by atoms with E-state index in [1.165, 1.54) is 0 Å². The maximum absolute atomic E-state index is 12.0. The largest absolute Gasteiger partial charge is 0.494 e. The molecule has 3 N–H and O–H groups in total. The average Bonchev–Trinajstić information content (AvgIpc) is 2.55. The van der Waals surface area contributed by atoms with Gasteiger partial charge in [-0.25, -0.2) is 4.79 Å². The molecule has 2 amide bonds. The van der Waals surface area contributed by atoms with E-state index in [1.807, 2.05) is 43.0 Å². The molecule has 7 nitrogen and oxygen atoms in total. The summed E-state index contributed by atoms with van der Waals surface area (Å²) in [6.45, 7) is 5.60. The van der Waals surface area contributed by atoms with E-state index in [2.05, 4.69) is 10.6 Å². The first-order valence-electron chi connectivity index (χ1n) is 8.74. The van der Waals surface area contributed by atoms with Gasteiger partial charge in [-0.15, -0.1) is 0 Å². The Bertz CT molecular complexity index is 587. The minimum absolute atomic E-state index is 0.0499. The van der Waals surface area contributed by atoms with Gasteiger partial charge in [0.25, 0.3) is 0 Å². The van der Waals surface area contributed by atoms with Crippen LogP contribution in [-0.2, 0) is 11.3 Å². The first-order valence-corrected chi connectivity index (χ1v) is 8.74. The lowest BCUT2D eigenvalue weighted by Crippen LogP contribution is -2.56. The van der Waals surface area contributed by atoms with Crippen LogP contribution in [0.4, 0.5) is 4.79 Å². The van der Waals surface area contributed by atoms with E-state index in [0.717, 1.165) is 24.2 Å². The fraction of sp³-hybridized carbons (Fsp3) is 0.556. The van der Waals surface area contributed by atoms with E-state index in [0.29, 0.717) is 19.7 Å². The Morgan fingerprint density at radius 3 is 2.64 bits per heavy atom. The Hall–Kier alpha value is -2.28. The zero-order valence-corrected chi connectivity index (χ0v) is 14.8. The predicted molar refractivity (Wildman–Crippen MR) is 94.7 cm³/mol. The van der Waals surface area contributed by atoms with Gasteiger partial charge in [0.05, 0.1) is 13.2 Å². The number of carbonyl (C=O) groups is 2. The second-order valence-corrected chi connectivity index (χ2v) is 6.15. The van der Waals surface area contributed by atoms with E-state index in [9.17, 15) is 9.59 Å². The number of hydrogen-bond acceptors (Lipinski definition) is 4. The molecule has 0 spiro atoms. The first kappa shape index (κ1) is 19.1. The third-order valence-electron chi connectivity index (χ3n) is 4.42. The summed E-state index contributed by atoms with van der Waals surface area (Å²) in [5.41, 5.74) is 0.935. The molecule has 0 atom stereocenters. The van der Waals surface area contributed by atoms with Gasteiger partial charge in [-0.05, 0) is 32.4 Å². The average molecular weight is 349 g/mol. The van der Waals surface area contributed by atoms with Gasteiger partial charge in [0.2, 0.25) is 0 Å². The Morgan fingerprint density at radius 1 is 1.28 bits per heavy atom. The number of carbonyl (C=O) groups excluding carboxylic acids is 1. The van der Waals surface area contributed by atoms with Crippen LogP contribution in [0.25, 0.3) is 0 Å². The second-order valence-electron chi connectivity index (χ2n) is 6.15. The number of nitrogens with one attached hydrogen (secondary N) is 2. The molecule has 0 saturated heterocycles. The molecule has 25 heavy (non-hydrogen) atoms. The third-order valence-corrected chi connectivity index (χ3v) is 4.42. The van der Waals surface area contributed by atoms with Gasteiger partial charge in [-0.3, -0.25) is 9.69 Å². The summed E-state index contributed by atoms with van der Waals surface area (Å²) < 4.78 is 5.54. The highest BCUT2D eigenvalue weighted by Crippen LogP contribution is 2.25. The summed E-state index contributed by atoms with van der Waals surface area (Å²) in [5.74, 6) is -0.0368. The summed E-state index contributed by atoms with van der Waals surface area (Å²) in [4.78, 5) is 24.8. The van der Waals surface area contributed by atoms with Crippen molar-refractivity contribution in [1.29, 1.82) is 0 Å². The molecule has 1 aromatic rings. The van der Waals surface area contributed by atoms with Crippen molar-refractivity contribution in [2.24, 2.45) is 0 Å². The first-order chi connectivity index (χ1) is 12.0. The topological polar surface area (TPSA) is 90.9 Å². The van der Waals surface area contributed by atoms with Crippen molar-refractivity contribution in [3.63, 3.8) is 0 Å². The molecule has 0 aromatic heterocycles. The number of aliphatic carboxylic acids is 1. The fourth-order valence-electron chi connectivity index (χ4n) is 3.03. The van der Waals surface area contributed by atoms with Crippen LogP contribution in [-0.4, -0.2) is 53.8 Å². The van der Waals surface area contributed by atoms with Crippen LogP contribution in [0.3, 0.4) is 0 Å². The summed E-state index contributed by atoms with van der Waals surface area (Å²) >= 11 is 0. The van der Waals surface area contributed by atoms with Crippen LogP contribution in [0.5, 0.6) is 5.75 Å². The van der Waals surface area contributed by atoms with Gasteiger partial charge in [0.1, 0.15) is 5.75 Å². The van der Waals surface area contributed by atoms with Gasteiger partial charge in [0.15, 0.2) is 0 Å². The smallest absolute Gasteiger partial charge is 0.317 e. The predicted octanol–water partition coefficient (Wildman–Crippen LogP) is 1.82. The van der Waals surface area contributed by atoms with E-state index in [-0.39, 0.29) is 24.7 Å². The highest BCUT2D eigenvalue weighted by molar-refractivity contribution is 5.74. The molecule has 0 unspecified atom stereocenters. The van der Waals surface area contributed by atoms with Crippen molar-refractivity contribution in [1.82, 2.24) is 15.5 Å². The lowest BCUT2D eigenvalue weighted by molar-refractivity contribution is -0.139. The van der Waals surface area contributed by atoms with E-state index >= 15 is 0 Å². The van der Waals surface area contributed by atoms with Crippen molar-refractivity contribution in [2.75, 3.05) is 19.7 Å². The lowest BCUT2D eigenvalue weighted by atomic mass is 9.85. The van der Waals surface area contributed by atoms with Crippen molar-refractivity contribution < 1.29 is 19.4 Å². The summed E-state index contributed by atoms with van der Waals surface area (Å²) in [5, 5.41) is 14.7. The number of amides is 2. The number of rotatable bonds is 9. The zero-order valence-electron chi connectivity index (χ0n) is 14.8. The minimum Gasteiger partial charge on any atom is -0.494 e. The molecule has 0 bridgehead atoms. The van der Waals surface area contributed by atoms with Crippen LogP contribution in [0.2, 0.25) is 0 Å². The second kappa shape index (κ2) is 9.27. The quantitative estimate of drug-likeness (QED) is 0.633. The fourth-order valence-corrected chi connectivity index (χ4v) is 3.03. The molecular weight excluding hydrogens is 322 g/mol. The number of hydrogen-bond donors (Lipinski definition) is 3. The van der Waals surface area contributed by atoms with Crippen molar-refractivity contribution in [3.05, 3.63) is 29.8 Å². The molecule has 0 aliphatic heterocycles. The van der Waals surface area contributed by atoms with Gasteiger partial charge < -0.3 is 20.5 Å². The Morgan fingerprint density at radius 2 is 2.00 bits per heavy atom. The van der Waals surface area contributed by atoms with Crippen LogP contribution in [0.1, 0.15) is 32.3 Å². The van der Waals surface area contributed by atoms with Crippen LogP contribution >= 0.6 is 0 Å². The number of urea groups is 1. The SMILES string of the molecule is CCOc1ccccc1CNC(=O)NC1CC(N(CC)CC(=O)O)C1. The number of benzene rings is 1. The highest BCUT2D eigenvalue weighted by atomic mass is 16.5. The standard InChI is InChI=1S/C18H27N3O4/c1-3-21(12-17(22)23)15-9-14(10-15)20-18(24)19-11-13-7-5-6-8-16(13)25-4-2/h5-8,14-15H,3-4,9-12H2,1-2H3,(H,22,23)(H2,19,20,24). The molecule has 0 radical (unpaired) electrons. The number of likely N-dealkylation sites (N-methyl/N-ethyl adjacent to an activating group) is 1. The number of carboxylic acid groups (broad SMARTS) is 1. The monoisotopic (exact) mass is 349 g/mol. The number of carboxylic acids is 1.